The summed E-state index contributed by atoms with van der Waals surface area (Å²) in [6.07, 6.45) is 0.885. The molecular weight excluding hydrogens is 256 g/mol. The summed E-state index contributed by atoms with van der Waals surface area (Å²) in [4.78, 5) is 0. The number of hydrogen-bond acceptors (Lipinski definition) is 2. The van der Waals surface area contributed by atoms with Gasteiger partial charge in [0.15, 0.2) is 0 Å². The number of benzene rings is 3. The third-order valence-electron chi connectivity index (χ3n) is 3.90. The average molecular weight is 276 g/mol. The smallest absolute Gasteiger partial charge is 0.0500 e. The van der Waals surface area contributed by atoms with Crippen LogP contribution >= 0.6 is 0 Å². The fraction of sp³-hybridized carbons (Fsp3) is 0.158. The lowest BCUT2D eigenvalue weighted by molar-refractivity contribution is 0.552. The summed E-state index contributed by atoms with van der Waals surface area (Å²) >= 11 is 0. The zero-order valence-corrected chi connectivity index (χ0v) is 12.2. The van der Waals surface area contributed by atoms with Crippen LogP contribution in [0, 0.1) is 6.92 Å². The first-order valence-electron chi connectivity index (χ1n) is 7.26. The Bertz CT molecular complexity index is 749. The van der Waals surface area contributed by atoms with Crippen molar-refractivity contribution >= 4 is 10.8 Å². The van der Waals surface area contributed by atoms with Crippen LogP contribution in [0.5, 0.6) is 0 Å². The van der Waals surface area contributed by atoms with Gasteiger partial charge < -0.3 is 0 Å². The van der Waals surface area contributed by atoms with E-state index < -0.39 is 0 Å². The van der Waals surface area contributed by atoms with Crippen LogP contribution in [0.15, 0.2) is 66.7 Å². The first-order chi connectivity index (χ1) is 10.3. The van der Waals surface area contributed by atoms with Gasteiger partial charge in [-0.3, -0.25) is 11.3 Å². The maximum atomic E-state index is 5.78. The van der Waals surface area contributed by atoms with E-state index in [9.17, 15) is 0 Å². The topological polar surface area (TPSA) is 38.0 Å². The number of rotatable bonds is 4. The Morgan fingerprint density at radius 2 is 1.71 bits per heavy atom. The monoisotopic (exact) mass is 276 g/mol. The molecule has 0 heterocycles. The Labute approximate surface area is 125 Å². The molecule has 3 aromatic carbocycles. The van der Waals surface area contributed by atoms with Crippen LogP contribution in [0.25, 0.3) is 10.8 Å². The molecule has 0 radical (unpaired) electrons. The molecule has 2 heteroatoms. The highest BCUT2D eigenvalue weighted by atomic mass is 15.2. The lowest BCUT2D eigenvalue weighted by Gasteiger charge is -2.17. The van der Waals surface area contributed by atoms with Crippen LogP contribution in [0.3, 0.4) is 0 Å². The van der Waals surface area contributed by atoms with Gasteiger partial charge in [0.2, 0.25) is 0 Å². The molecule has 0 spiro atoms. The van der Waals surface area contributed by atoms with Crippen molar-refractivity contribution in [2.45, 2.75) is 19.4 Å². The van der Waals surface area contributed by atoms with Crippen LogP contribution in [0.2, 0.25) is 0 Å². The molecule has 0 saturated carbocycles. The summed E-state index contributed by atoms with van der Waals surface area (Å²) in [6.45, 7) is 2.12. The molecule has 3 N–H and O–H groups in total. The van der Waals surface area contributed by atoms with E-state index in [1.54, 1.807) is 0 Å². The predicted octanol–water partition coefficient (Wildman–Crippen LogP) is 3.90. The molecule has 0 aliphatic rings. The minimum absolute atomic E-state index is 0.122. The third kappa shape index (κ3) is 3.13. The zero-order chi connectivity index (χ0) is 14.7. The molecule has 21 heavy (non-hydrogen) atoms. The third-order valence-corrected chi connectivity index (χ3v) is 3.90. The number of nitrogens with two attached hydrogens (primary N) is 1. The van der Waals surface area contributed by atoms with E-state index in [2.05, 4.69) is 79.1 Å². The van der Waals surface area contributed by atoms with Gasteiger partial charge in [-0.2, -0.15) is 0 Å². The summed E-state index contributed by atoms with van der Waals surface area (Å²) in [6, 6.07) is 23.6. The second-order valence-corrected chi connectivity index (χ2v) is 5.52. The van der Waals surface area contributed by atoms with E-state index >= 15 is 0 Å². The molecular formula is C19H20N2. The molecule has 0 aromatic heterocycles. The Morgan fingerprint density at radius 3 is 2.48 bits per heavy atom. The van der Waals surface area contributed by atoms with Crippen LogP contribution in [-0.4, -0.2) is 0 Å². The van der Waals surface area contributed by atoms with Gasteiger partial charge in [-0.1, -0.05) is 66.2 Å². The van der Waals surface area contributed by atoms with E-state index in [4.69, 9.17) is 5.84 Å². The fourth-order valence-corrected chi connectivity index (χ4v) is 2.77. The standard InChI is InChI=1S/C19H20N2/c1-14-5-4-6-15(11-14)12-19(21-20)18-10-9-16-7-2-3-8-17(16)13-18/h2-11,13,19,21H,12,20H2,1H3. The second-order valence-electron chi connectivity index (χ2n) is 5.52. The Kier molecular flexibility index (Phi) is 4.00. The van der Waals surface area contributed by atoms with Crippen LogP contribution < -0.4 is 11.3 Å². The van der Waals surface area contributed by atoms with Crippen LogP contribution in [0.4, 0.5) is 0 Å². The summed E-state index contributed by atoms with van der Waals surface area (Å²) < 4.78 is 0. The average Bonchev–Trinajstić information content (AvgIpc) is 2.52. The van der Waals surface area contributed by atoms with Gasteiger partial charge in [0.05, 0.1) is 6.04 Å². The molecule has 0 fully saturated rings. The first-order valence-corrected chi connectivity index (χ1v) is 7.26. The highest BCUT2D eigenvalue weighted by Crippen LogP contribution is 2.23. The van der Waals surface area contributed by atoms with Gasteiger partial charge in [0.1, 0.15) is 0 Å². The molecule has 1 unspecified atom stereocenters. The lowest BCUT2D eigenvalue weighted by Crippen LogP contribution is -2.29. The van der Waals surface area contributed by atoms with Crippen molar-refractivity contribution in [2.75, 3.05) is 0 Å². The van der Waals surface area contributed by atoms with E-state index in [1.165, 1.54) is 27.5 Å². The van der Waals surface area contributed by atoms with Crippen molar-refractivity contribution in [3.63, 3.8) is 0 Å². The van der Waals surface area contributed by atoms with Gasteiger partial charge in [0, 0.05) is 0 Å². The van der Waals surface area contributed by atoms with Gasteiger partial charge in [0.25, 0.3) is 0 Å². The highest BCUT2D eigenvalue weighted by molar-refractivity contribution is 5.83. The summed E-state index contributed by atoms with van der Waals surface area (Å²) in [5, 5.41) is 2.51. The zero-order valence-electron chi connectivity index (χ0n) is 12.2. The fourth-order valence-electron chi connectivity index (χ4n) is 2.77. The molecule has 3 aromatic rings. The van der Waals surface area contributed by atoms with E-state index in [0.29, 0.717) is 0 Å². The number of nitrogens with one attached hydrogen (secondary N) is 1. The van der Waals surface area contributed by atoms with Gasteiger partial charge in [-0.15, -0.1) is 0 Å². The summed E-state index contributed by atoms with van der Waals surface area (Å²) in [5.41, 5.74) is 6.75. The molecule has 3 rings (SSSR count). The quantitative estimate of drug-likeness (QED) is 0.560. The van der Waals surface area contributed by atoms with Crippen LogP contribution in [0.1, 0.15) is 22.7 Å². The molecule has 0 aliphatic carbocycles. The van der Waals surface area contributed by atoms with Crippen molar-refractivity contribution in [3.8, 4) is 0 Å². The maximum Gasteiger partial charge on any atom is 0.0500 e. The SMILES string of the molecule is Cc1cccc(CC(NN)c2ccc3ccccc3c2)c1. The predicted molar refractivity (Wildman–Crippen MR) is 88.9 cm³/mol. The number of fused-ring (bicyclic) bond motifs is 1. The van der Waals surface area contributed by atoms with Gasteiger partial charge in [-0.05, 0) is 41.3 Å². The van der Waals surface area contributed by atoms with E-state index in [1.807, 2.05) is 0 Å². The highest BCUT2D eigenvalue weighted by Gasteiger charge is 2.11. The Hall–Kier alpha value is -2.16. The summed E-state index contributed by atoms with van der Waals surface area (Å²) in [5.74, 6) is 5.78. The number of hydrogen-bond donors (Lipinski definition) is 2. The Balaban J connectivity index is 1.90. The Morgan fingerprint density at radius 1 is 0.905 bits per heavy atom. The van der Waals surface area contributed by atoms with E-state index in [0.717, 1.165) is 6.42 Å². The molecule has 106 valence electrons. The lowest BCUT2D eigenvalue weighted by atomic mass is 9.96. The van der Waals surface area contributed by atoms with Crippen molar-refractivity contribution in [3.05, 3.63) is 83.4 Å². The molecule has 2 nitrogen and oxygen atoms in total. The van der Waals surface area contributed by atoms with Gasteiger partial charge >= 0.3 is 0 Å². The molecule has 0 saturated heterocycles. The molecule has 0 amide bonds. The number of aryl methyl sites for hydroxylation is 1. The van der Waals surface area contributed by atoms with Crippen molar-refractivity contribution in [2.24, 2.45) is 5.84 Å². The molecule has 0 bridgehead atoms. The largest absolute Gasteiger partial charge is 0.271 e. The normalized spacial score (nSPS) is 12.5. The number of hydrazine groups is 1. The maximum absolute atomic E-state index is 5.78. The minimum atomic E-state index is 0.122. The van der Waals surface area contributed by atoms with Crippen LogP contribution in [-0.2, 0) is 6.42 Å². The van der Waals surface area contributed by atoms with Gasteiger partial charge in [-0.25, -0.2) is 0 Å². The first kappa shape index (κ1) is 13.8. The minimum Gasteiger partial charge on any atom is -0.271 e. The summed E-state index contributed by atoms with van der Waals surface area (Å²) in [7, 11) is 0. The molecule has 0 aliphatic heterocycles. The van der Waals surface area contributed by atoms with Crippen molar-refractivity contribution in [1.82, 2.24) is 5.43 Å². The van der Waals surface area contributed by atoms with Crippen molar-refractivity contribution < 1.29 is 0 Å². The van der Waals surface area contributed by atoms with Crippen molar-refractivity contribution in [1.29, 1.82) is 0 Å². The second kappa shape index (κ2) is 6.08. The molecule has 1 atom stereocenters. The van der Waals surface area contributed by atoms with E-state index in [-0.39, 0.29) is 6.04 Å².